The van der Waals surface area contributed by atoms with Gasteiger partial charge in [-0.15, -0.1) is 11.3 Å². The number of carbonyl (C=O) groups excluding carboxylic acids is 1. The topological polar surface area (TPSA) is 80.5 Å². The van der Waals surface area contributed by atoms with E-state index >= 15 is 0 Å². The van der Waals surface area contributed by atoms with Gasteiger partial charge in [-0.05, 0) is 43.0 Å². The van der Waals surface area contributed by atoms with Crippen molar-refractivity contribution in [2.75, 3.05) is 13.7 Å². The lowest BCUT2D eigenvalue weighted by Crippen LogP contribution is -2.45. The van der Waals surface area contributed by atoms with E-state index in [9.17, 15) is 4.79 Å². The molecule has 0 saturated carbocycles. The second-order valence-electron chi connectivity index (χ2n) is 6.30. The quantitative estimate of drug-likeness (QED) is 0.694. The molecule has 28 heavy (non-hydrogen) atoms. The molecular weight excluding hydrogens is 376 g/mol. The Balaban J connectivity index is 1.83. The van der Waals surface area contributed by atoms with Gasteiger partial charge in [-0.2, -0.15) is 4.98 Å². The van der Waals surface area contributed by atoms with Gasteiger partial charge in [-0.1, -0.05) is 23.4 Å². The second-order valence-corrected chi connectivity index (χ2v) is 7.25. The third-order valence-corrected chi connectivity index (χ3v) is 5.60. The zero-order valence-electron chi connectivity index (χ0n) is 15.8. The zero-order valence-corrected chi connectivity index (χ0v) is 16.6. The molecule has 0 fully saturated rings. The molecule has 0 radical (unpaired) electrons. The van der Waals surface area contributed by atoms with E-state index in [0.29, 0.717) is 24.0 Å². The number of amides is 2. The largest absolute Gasteiger partial charge is 0.497 e. The van der Waals surface area contributed by atoms with Crippen LogP contribution in [0.2, 0.25) is 0 Å². The van der Waals surface area contributed by atoms with Gasteiger partial charge in [0.25, 0.3) is 5.89 Å². The Morgan fingerprint density at radius 3 is 2.89 bits per heavy atom. The molecule has 1 N–H and O–H groups in total. The van der Waals surface area contributed by atoms with E-state index in [1.54, 1.807) is 23.3 Å². The molecule has 0 spiro atoms. The molecule has 1 unspecified atom stereocenters. The van der Waals surface area contributed by atoms with E-state index in [1.165, 1.54) is 0 Å². The van der Waals surface area contributed by atoms with E-state index in [2.05, 4.69) is 15.5 Å². The Hall–Kier alpha value is -3.13. The van der Waals surface area contributed by atoms with Crippen LogP contribution in [0.5, 0.6) is 5.75 Å². The number of rotatable bonds is 5. The average Bonchev–Trinajstić information content (AvgIpc) is 3.39. The first kappa shape index (κ1) is 18.2. The van der Waals surface area contributed by atoms with Crippen LogP contribution in [0, 0.1) is 0 Å². The fourth-order valence-corrected chi connectivity index (χ4v) is 4.00. The van der Waals surface area contributed by atoms with Crippen LogP contribution in [0.15, 0.2) is 52.0 Å². The summed E-state index contributed by atoms with van der Waals surface area (Å²) < 4.78 is 11.0. The van der Waals surface area contributed by atoms with Gasteiger partial charge in [0.1, 0.15) is 5.75 Å². The summed E-state index contributed by atoms with van der Waals surface area (Å²) in [5.74, 6) is 1.65. The van der Waals surface area contributed by atoms with E-state index in [4.69, 9.17) is 9.26 Å². The maximum atomic E-state index is 12.6. The van der Waals surface area contributed by atoms with Crippen molar-refractivity contribution in [1.29, 1.82) is 0 Å². The highest BCUT2D eigenvalue weighted by atomic mass is 32.1. The summed E-state index contributed by atoms with van der Waals surface area (Å²) in [7, 11) is 1.62. The van der Waals surface area contributed by atoms with Crippen LogP contribution >= 0.6 is 11.3 Å². The Bertz CT molecular complexity index is 1030. The monoisotopic (exact) mass is 396 g/mol. The predicted molar refractivity (Wildman–Crippen MR) is 107 cm³/mol. The van der Waals surface area contributed by atoms with Crippen LogP contribution in [0.25, 0.3) is 16.3 Å². The number of thiophene rings is 1. The molecule has 0 bridgehead atoms. The zero-order chi connectivity index (χ0) is 19.7. The molecule has 8 heteroatoms. The van der Waals surface area contributed by atoms with Gasteiger partial charge in [-0.25, -0.2) is 4.79 Å². The predicted octanol–water partition coefficient (Wildman–Crippen LogP) is 4.32. The summed E-state index contributed by atoms with van der Waals surface area (Å²) in [6.45, 7) is 4.37. The van der Waals surface area contributed by atoms with Gasteiger partial charge in [0, 0.05) is 12.2 Å². The molecule has 4 rings (SSSR count). The molecule has 1 aromatic carbocycles. The second kappa shape index (κ2) is 7.47. The number of nitrogens with one attached hydrogen (secondary N) is 1. The van der Waals surface area contributed by atoms with Crippen molar-refractivity contribution >= 4 is 22.9 Å². The summed E-state index contributed by atoms with van der Waals surface area (Å²) in [6.07, 6.45) is 0. The summed E-state index contributed by atoms with van der Waals surface area (Å²) in [5, 5.41) is 9.16. The highest BCUT2D eigenvalue weighted by Gasteiger charge is 2.35. The summed E-state index contributed by atoms with van der Waals surface area (Å²) in [4.78, 5) is 19.8. The van der Waals surface area contributed by atoms with E-state index in [1.807, 2.05) is 55.6 Å². The number of benzene rings is 1. The maximum absolute atomic E-state index is 12.6. The van der Waals surface area contributed by atoms with Gasteiger partial charge < -0.3 is 14.6 Å². The minimum atomic E-state index is -0.415. The maximum Gasteiger partial charge on any atom is 0.322 e. The lowest BCUT2D eigenvalue weighted by Gasteiger charge is -2.34. The number of aromatic nitrogens is 2. The van der Waals surface area contributed by atoms with Crippen molar-refractivity contribution in [1.82, 2.24) is 20.4 Å². The molecule has 3 aromatic rings. The van der Waals surface area contributed by atoms with Crippen LogP contribution in [0.4, 0.5) is 4.79 Å². The normalized spacial score (nSPS) is 17.0. The highest BCUT2D eigenvalue weighted by Crippen LogP contribution is 2.38. The smallest absolute Gasteiger partial charge is 0.322 e. The molecular formula is C20H20N4O3S. The molecule has 1 atom stereocenters. The average molecular weight is 396 g/mol. The van der Waals surface area contributed by atoms with E-state index in [-0.39, 0.29) is 6.03 Å². The van der Waals surface area contributed by atoms with Gasteiger partial charge in [0.2, 0.25) is 5.82 Å². The molecule has 7 nitrogen and oxygen atoms in total. The van der Waals surface area contributed by atoms with Crippen LogP contribution in [0.3, 0.4) is 0 Å². The van der Waals surface area contributed by atoms with Crippen molar-refractivity contribution in [2.24, 2.45) is 0 Å². The standard InChI is InChI=1S/C20H20N4O3S/c1-4-24-12(2)16(19-22-18(23-27-19)15-9-6-10-28-15)17(21-20(24)25)13-7-5-8-14(11-13)26-3/h5-11,17H,4H2,1-3H3,(H,21,25). The first-order valence-electron chi connectivity index (χ1n) is 8.93. The Morgan fingerprint density at radius 1 is 1.32 bits per heavy atom. The van der Waals surface area contributed by atoms with Gasteiger partial charge in [-0.3, -0.25) is 4.90 Å². The number of allylic oxidation sites excluding steroid dienone is 1. The van der Waals surface area contributed by atoms with Crippen LogP contribution in [-0.2, 0) is 0 Å². The molecule has 0 aliphatic carbocycles. The van der Waals surface area contributed by atoms with Crippen LogP contribution < -0.4 is 10.1 Å². The SMILES string of the molecule is CCN1C(=O)NC(c2cccc(OC)c2)C(c2nc(-c3cccs3)no2)=C1C. The van der Waals surface area contributed by atoms with Crippen LogP contribution in [-0.4, -0.2) is 34.7 Å². The first-order valence-corrected chi connectivity index (χ1v) is 9.81. The summed E-state index contributed by atoms with van der Waals surface area (Å²) in [5.41, 5.74) is 2.46. The molecule has 2 amide bonds. The third-order valence-electron chi connectivity index (χ3n) is 4.74. The molecule has 144 valence electrons. The third kappa shape index (κ3) is 3.16. The summed E-state index contributed by atoms with van der Waals surface area (Å²) >= 11 is 1.55. The molecule has 1 aliphatic heterocycles. The van der Waals surface area contributed by atoms with Crippen LogP contribution in [0.1, 0.15) is 31.3 Å². The number of carbonyl (C=O) groups is 1. The molecule has 3 heterocycles. The Kier molecular flexibility index (Phi) is 4.87. The molecule has 2 aromatic heterocycles. The minimum absolute atomic E-state index is 0.158. The number of hydrogen-bond acceptors (Lipinski definition) is 6. The van der Waals surface area contributed by atoms with Gasteiger partial charge in [0.15, 0.2) is 0 Å². The first-order chi connectivity index (χ1) is 13.6. The van der Waals surface area contributed by atoms with Crippen molar-refractivity contribution in [3.8, 4) is 16.5 Å². The van der Waals surface area contributed by atoms with E-state index in [0.717, 1.165) is 21.7 Å². The number of hydrogen-bond donors (Lipinski definition) is 1. The molecule has 1 aliphatic rings. The van der Waals surface area contributed by atoms with Crippen molar-refractivity contribution in [3.05, 3.63) is 58.9 Å². The minimum Gasteiger partial charge on any atom is -0.497 e. The number of urea groups is 1. The van der Waals surface area contributed by atoms with Gasteiger partial charge in [0.05, 0.1) is 23.6 Å². The van der Waals surface area contributed by atoms with Crippen molar-refractivity contribution < 1.29 is 14.1 Å². The Morgan fingerprint density at radius 2 is 2.18 bits per heavy atom. The fraction of sp³-hybridized carbons (Fsp3) is 0.250. The highest BCUT2D eigenvalue weighted by molar-refractivity contribution is 7.13. The fourth-order valence-electron chi connectivity index (χ4n) is 3.35. The molecule has 0 saturated heterocycles. The van der Waals surface area contributed by atoms with E-state index < -0.39 is 6.04 Å². The number of nitrogens with zero attached hydrogens (tertiary/aromatic N) is 3. The number of methoxy groups -OCH3 is 1. The lowest BCUT2D eigenvalue weighted by atomic mass is 9.94. The lowest BCUT2D eigenvalue weighted by molar-refractivity contribution is 0.207. The Labute approximate surface area is 166 Å². The van der Waals surface area contributed by atoms with Crippen molar-refractivity contribution in [2.45, 2.75) is 19.9 Å². The van der Waals surface area contributed by atoms with Crippen molar-refractivity contribution in [3.63, 3.8) is 0 Å². The number of ether oxygens (including phenoxy) is 1. The van der Waals surface area contributed by atoms with Gasteiger partial charge >= 0.3 is 6.03 Å². The summed E-state index contributed by atoms with van der Waals surface area (Å²) in [6, 6.07) is 10.9.